The van der Waals surface area contributed by atoms with E-state index in [-0.39, 0.29) is 23.6 Å². The largest absolute Gasteiger partial charge is 0.340 e. The van der Waals surface area contributed by atoms with Crippen LogP contribution in [-0.2, 0) is 11.3 Å². The van der Waals surface area contributed by atoms with Gasteiger partial charge in [0.15, 0.2) is 0 Å². The normalized spacial score (nSPS) is 23.5. The predicted molar refractivity (Wildman–Crippen MR) is 93.3 cm³/mol. The van der Waals surface area contributed by atoms with Gasteiger partial charge in [-0.3, -0.25) is 14.7 Å². The molecule has 4 rings (SSSR count). The van der Waals surface area contributed by atoms with Crippen molar-refractivity contribution in [3.05, 3.63) is 65.7 Å². The van der Waals surface area contributed by atoms with E-state index in [4.69, 9.17) is 0 Å². The molecular formula is C20H22FN3O. The SMILES string of the molecule is O=C([C@@H]1C[C@H]1c1cccc(F)c1)N1CCN(Cc2cccnc2)CC1. The molecule has 4 nitrogen and oxygen atoms in total. The lowest BCUT2D eigenvalue weighted by Crippen LogP contribution is -2.48. The van der Waals surface area contributed by atoms with E-state index in [1.165, 1.54) is 11.6 Å². The highest BCUT2D eigenvalue weighted by Crippen LogP contribution is 2.48. The highest BCUT2D eigenvalue weighted by Gasteiger charge is 2.46. The first-order valence-corrected chi connectivity index (χ1v) is 8.86. The van der Waals surface area contributed by atoms with Gasteiger partial charge in [0.2, 0.25) is 5.91 Å². The molecule has 0 N–H and O–H groups in total. The molecule has 2 atom stereocenters. The molecule has 1 saturated heterocycles. The molecule has 0 unspecified atom stereocenters. The van der Waals surface area contributed by atoms with Crippen LogP contribution in [0.2, 0.25) is 0 Å². The highest BCUT2D eigenvalue weighted by atomic mass is 19.1. The van der Waals surface area contributed by atoms with Gasteiger partial charge in [0.05, 0.1) is 0 Å². The summed E-state index contributed by atoms with van der Waals surface area (Å²) in [4.78, 5) is 21.2. The summed E-state index contributed by atoms with van der Waals surface area (Å²) in [6.45, 7) is 4.19. The third-order valence-corrected chi connectivity index (χ3v) is 5.20. The Kier molecular flexibility index (Phi) is 4.49. The topological polar surface area (TPSA) is 36.4 Å². The molecule has 2 heterocycles. The van der Waals surface area contributed by atoms with Crippen molar-refractivity contribution in [1.29, 1.82) is 0 Å². The Morgan fingerprint density at radius 2 is 2.00 bits per heavy atom. The summed E-state index contributed by atoms with van der Waals surface area (Å²) in [6, 6.07) is 10.7. The predicted octanol–water partition coefficient (Wildman–Crippen LogP) is 2.67. The van der Waals surface area contributed by atoms with Gasteiger partial charge in [-0.2, -0.15) is 0 Å². The zero-order chi connectivity index (χ0) is 17.2. The smallest absolute Gasteiger partial charge is 0.226 e. The number of amides is 1. The van der Waals surface area contributed by atoms with Crippen LogP contribution in [-0.4, -0.2) is 46.9 Å². The summed E-state index contributed by atoms with van der Waals surface area (Å²) in [6.07, 6.45) is 4.52. The quantitative estimate of drug-likeness (QED) is 0.859. The van der Waals surface area contributed by atoms with Gasteiger partial charge < -0.3 is 4.90 Å². The van der Waals surface area contributed by atoms with Crippen molar-refractivity contribution < 1.29 is 9.18 Å². The first kappa shape index (κ1) is 16.2. The number of hydrogen-bond acceptors (Lipinski definition) is 3. The first-order valence-electron chi connectivity index (χ1n) is 8.86. The third-order valence-electron chi connectivity index (χ3n) is 5.20. The maximum Gasteiger partial charge on any atom is 0.226 e. The molecule has 1 saturated carbocycles. The van der Waals surface area contributed by atoms with Crippen molar-refractivity contribution in [3.63, 3.8) is 0 Å². The van der Waals surface area contributed by atoms with Crippen molar-refractivity contribution in [2.24, 2.45) is 5.92 Å². The molecular weight excluding hydrogens is 317 g/mol. The number of halogens is 1. The van der Waals surface area contributed by atoms with Gasteiger partial charge in [-0.1, -0.05) is 18.2 Å². The molecule has 2 fully saturated rings. The van der Waals surface area contributed by atoms with Crippen LogP contribution in [0.15, 0.2) is 48.8 Å². The van der Waals surface area contributed by atoms with E-state index in [1.54, 1.807) is 18.3 Å². The van der Waals surface area contributed by atoms with Crippen LogP contribution in [0.25, 0.3) is 0 Å². The summed E-state index contributed by atoms with van der Waals surface area (Å²) in [5, 5.41) is 0. The Hall–Kier alpha value is -2.27. The number of aromatic nitrogens is 1. The number of carbonyl (C=O) groups excluding carboxylic acids is 1. The Bertz CT molecular complexity index is 744. The lowest BCUT2D eigenvalue weighted by Gasteiger charge is -2.35. The average molecular weight is 339 g/mol. The van der Waals surface area contributed by atoms with E-state index in [9.17, 15) is 9.18 Å². The van der Waals surface area contributed by atoms with Crippen LogP contribution in [0.4, 0.5) is 4.39 Å². The van der Waals surface area contributed by atoms with Crippen molar-refractivity contribution in [2.75, 3.05) is 26.2 Å². The monoisotopic (exact) mass is 339 g/mol. The minimum absolute atomic E-state index is 0.0340. The van der Waals surface area contributed by atoms with Crippen LogP contribution in [0, 0.1) is 11.7 Å². The van der Waals surface area contributed by atoms with Crippen LogP contribution >= 0.6 is 0 Å². The molecule has 1 aliphatic heterocycles. The first-order chi connectivity index (χ1) is 12.2. The number of hydrogen-bond donors (Lipinski definition) is 0. The molecule has 0 spiro atoms. The zero-order valence-corrected chi connectivity index (χ0v) is 14.1. The van der Waals surface area contributed by atoms with E-state index < -0.39 is 0 Å². The van der Waals surface area contributed by atoms with Crippen LogP contribution < -0.4 is 0 Å². The molecule has 25 heavy (non-hydrogen) atoms. The molecule has 2 aliphatic rings. The summed E-state index contributed by atoms with van der Waals surface area (Å²) in [5.74, 6) is 0.234. The van der Waals surface area contributed by atoms with Gasteiger partial charge in [0.1, 0.15) is 5.82 Å². The van der Waals surface area contributed by atoms with E-state index in [0.29, 0.717) is 0 Å². The van der Waals surface area contributed by atoms with Crippen LogP contribution in [0.3, 0.4) is 0 Å². The second-order valence-electron chi connectivity index (χ2n) is 6.97. The van der Waals surface area contributed by atoms with Gasteiger partial charge in [-0.25, -0.2) is 4.39 Å². The van der Waals surface area contributed by atoms with Crippen molar-refractivity contribution >= 4 is 5.91 Å². The fraction of sp³-hybridized carbons (Fsp3) is 0.400. The molecule has 1 amide bonds. The van der Waals surface area contributed by atoms with Gasteiger partial charge in [0.25, 0.3) is 0 Å². The number of carbonyl (C=O) groups is 1. The van der Waals surface area contributed by atoms with Gasteiger partial charge in [-0.15, -0.1) is 0 Å². The molecule has 2 aromatic rings. The van der Waals surface area contributed by atoms with Crippen molar-refractivity contribution in [3.8, 4) is 0 Å². The van der Waals surface area contributed by atoms with Crippen LogP contribution in [0.5, 0.6) is 0 Å². The molecule has 130 valence electrons. The molecule has 1 aromatic heterocycles. The fourth-order valence-electron chi connectivity index (χ4n) is 3.68. The fourth-order valence-corrected chi connectivity index (χ4v) is 3.68. The Morgan fingerprint density at radius 1 is 1.16 bits per heavy atom. The minimum Gasteiger partial charge on any atom is -0.340 e. The Morgan fingerprint density at radius 3 is 2.72 bits per heavy atom. The number of benzene rings is 1. The van der Waals surface area contributed by atoms with E-state index in [0.717, 1.165) is 44.7 Å². The number of nitrogens with zero attached hydrogens (tertiary/aromatic N) is 3. The number of rotatable bonds is 4. The lowest BCUT2D eigenvalue weighted by atomic mass is 10.1. The van der Waals surface area contributed by atoms with Gasteiger partial charge in [0, 0.05) is 51.0 Å². The van der Waals surface area contributed by atoms with E-state index in [1.807, 2.05) is 23.2 Å². The molecule has 0 radical (unpaired) electrons. The number of pyridine rings is 1. The molecule has 1 aliphatic carbocycles. The number of piperazine rings is 1. The average Bonchev–Trinajstić information content (AvgIpc) is 3.43. The minimum atomic E-state index is -0.223. The second-order valence-corrected chi connectivity index (χ2v) is 6.97. The standard InChI is InChI=1S/C20H22FN3O/c21-17-5-1-4-16(11-17)18-12-19(18)20(25)24-9-7-23(8-10-24)14-15-3-2-6-22-13-15/h1-6,11,13,18-19H,7-10,12,14H2/t18-,19+/m0/s1. The molecule has 5 heteroatoms. The summed E-state index contributed by atoms with van der Waals surface area (Å²) >= 11 is 0. The van der Waals surface area contributed by atoms with Gasteiger partial charge >= 0.3 is 0 Å². The zero-order valence-electron chi connectivity index (χ0n) is 14.1. The summed E-state index contributed by atoms with van der Waals surface area (Å²) in [7, 11) is 0. The second kappa shape index (κ2) is 6.92. The maximum atomic E-state index is 13.4. The van der Waals surface area contributed by atoms with Crippen molar-refractivity contribution in [1.82, 2.24) is 14.8 Å². The third kappa shape index (κ3) is 3.71. The lowest BCUT2D eigenvalue weighted by molar-refractivity contribution is -0.134. The maximum absolute atomic E-state index is 13.4. The van der Waals surface area contributed by atoms with E-state index in [2.05, 4.69) is 16.0 Å². The van der Waals surface area contributed by atoms with Gasteiger partial charge in [-0.05, 0) is 41.7 Å². The Labute approximate surface area is 147 Å². The molecule has 1 aromatic carbocycles. The van der Waals surface area contributed by atoms with Crippen molar-refractivity contribution in [2.45, 2.75) is 18.9 Å². The summed E-state index contributed by atoms with van der Waals surface area (Å²) in [5.41, 5.74) is 2.16. The van der Waals surface area contributed by atoms with Crippen LogP contribution in [0.1, 0.15) is 23.5 Å². The van der Waals surface area contributed by atoms with E-state index >= 15 is 0 Å². The summed E-state index contributed by atoms with van der Waals surface area (Å²) < 4.78 is 13.4. The highest BCUT2D eigenvalue weighted by molar-refractivity contribution is 5.83. The molecule has 0 bridgehead atoms. The Balaban J connectivity index is 1.29.